The van der Waals surface area contributed by atoms with Gasteiger partial charge in [0.15, 0.2) is 0 Å². The molecule has 1 saturated carbocycles. The lowest BCUT2D eigenvalue weighted by atomic mass is 10.1. The number of aliphatic imine (C=N–C) groups is 1. The minimum atomic E-state index is 0.565. The molecule has 0 amide bonds. The van der Waals surface area contributed by atoms with Gasteiger partial charge in [-0.25, -0.2) is 5.84 Å². The van der Waals surface area contributed by atoms with E-state index in [1.165, 1.54) is 58.0 Å². The Kier molecular flexibility index (Phi) is 5.74. The molecule has 5 nitrogen and oxygen atoms in total. The van der Waals surface area contributed by atoms with Gasteiger partial charge in [-0.15, -0.1) is 0 Å². The molecule has 2 fully saturated rings. The summed E-state index contributed by atoms with van der Waals surface area (Å²) < 4.78 is 0. The molecule has 2 rings (SSSR count). The zero-order valence-corrected chi connectivity index (χ0v) is 11.3. The van der Waals surface area contributed by atoms with Crippen LogP contribution in [0.15, 0.2) is 4.99 Å². The Morgan fingerprint density at radius 1 is 1.11 bits per heavy atom. The number of nitrogens with one attached hydrogen (secondary N) is 2. The molecule has 1 saturated heterocycles. The smallest absolute Gasteiger partial charge is 0.205 e. The molecule has 4 N–H and O–H groups in total. The van der Waals surface area contributed by atoms with Crippen molar-refractivity contribution >= 4 is 5.96 Å². The minimum absolute atomic E-state index is 0.565. The maximum Gasteiger partial charge on any atom is 0.205 e. The van der Waals surface area contributed by atoms with Crippen LogP contribution in [0.3, 0.4) is 0 Å². The Balaban J connectivity index is 1.67. The van der Waals surface area contributed by atoms with E-state index < -0.39 is 0 Å². The van der Waals surface area contributed by atoms with Gasteiger partial charge in [-0.1, -0.05) is 19.3 Å². The van der Waals surface area contributed by atoms with Gasteiger partial charge in [0, 0.05) is 12.6 Å². The van der Waals surface area contributed by atoms with Crippen LogP contribution in [0.4, 0.5) is 0 Å². The zero-order chi connectivity index (χ0) is 12.6. The lowest BCUT2D eigenvalue weighted by Crippen LogP contribution is -2.46. The van der Waals surface area contributed by atoms with Crippen LogP contribution in [0, 0.1) is 0 Å². The van der Waals surface area contributed by atoms with Crippen LogP contribution in [0.5, 0.6) is 0 Å². The van der Waals surface area contributed by atoms with Crippen molar-refractivity contribution in [2.24, 2.45) is 10.8 Å². The first-order chi connectivity index (χ1) is 8.88. The van der Waals surface area contributed by atoms with Crippen molar-refractivity contribution in [3.05, 3.63) is 0 Å². The highest BCUT2D eigenvalue weighted by molar-refractivity contribution is 5.79. The predicted octanol–water partition coefficient (Wildman–Crippen LogP) is 0.824. The number of hydrazine groups is 1. The first-order valence-electron chi connectivity index (χ1n) is 7.38. The van der Waals surface area contributed by atoms with Crippen LogP contribution in [0.1, 0.15) is 44.9 Å². The van der Waals surface area contributed by atoms with E-state index in [-0.39, 0.29) is 0 Å². The van der Waals surface area contributed by atoms with Crippen molar-refractivity contribution in [3.63, 3.8) is 0 Å². The van der Waals surface area contributed by atoms with E-state index in [0.717, 1.165) is 19.0 Å². The van der Waals surface area contributed by atoms with Gasteiger partial charge in [0.2, 0.25) is 5.96 Å². The molecule has 0 aromatic carbocycles. The highest BCUT2D eigenvalue weighted by Gasteiger charge is 2.15. The Hall–Kier alpha value is -0.810. The van der Waals surface area contributed by atoms with Crippen molar-refractivity contribution in [1.82, 2.24) is 15.6 Å². The number of piperidine rings is 1. The van der Waals surface area contributed by atoms with Crippen molar-refractivity contribution in [3.8, 4) is 0 Å². The standard InChI is InChI=1S/C13H27N5/c14-17-13(16-12-6-2-3-7-12)15-8-11-18-9-4-1-5-10-18/h12H,1-11,14H2,(H2,15,16,17). The summed E-state index contributed by atoms with van der Waals surface area (Å²) in [6, 6.07) is 0.565. The van der Waals surface area contributed by atoms with Crippen molar-refractivity contribution < 1.29 is 0 Å². The first-order valence-corrected chi connectivity index (χ1v) is 7.38. The van der Waals surface area contributed by atoms with Crippen molar-refractivity contribution in [2.75, 3.05) is 26.2 Å². The summed E-state index contributed by atoms with van der Waals surface area (Å²) >= 11 is 0. The van der Waals surface area contributed by atoms with Crippen LogP contribution in [-0.2, 0) is 0 Å². The molecule has 104 valence electrons. The van der Waals surface area contributed by atoms with E-state index in [2.05, 4.69) is 20.6 Å². The molecule has 0 atom stereocenters. The topological polar surface area (TPSA) is 65.7 Å². The van der Waals surface area contributed by atoms with E-state index in [4.69, 9.17) is 5.84 Å². The summed E-state index contributed by atoms with van der Waals surface area (Å²) in [5.41, 5.74) is 2.69. The fourth-order valence-electron chi connectivity index (χ4n) is 2.88. The minimum Gasteiger partial charge on any atom is -0.353 e. The number of guanidine groups is 1. The third-order valence-corrected chi connectivity index (χ3v) is 3.97. The molecule has 5 heteroatoms. The second kappa shape index (κ2) is 7.59. The highest BCUT2D eigenvalue weighted by Crippen LogP contribution is 2.17. The number of hydrogen-bond acceptors (Lipinski definition) is 3. The van der Waals surface area contributed by atoms with Crippen LogP contribution < -0.4 is 16.6 Å². The summed E-state index contributed by atoms with van der Waals surface area (Å²) in [4.78, 5) is 7.02. The summed E-state index contributed by atoms with van der Waals surface area (Å²) in [5, 5.41) is 3.40. The number of hydrogen-bond donors (Lipinski definition) is 3. The van der Waals surface area contributed by atoms with E-state index in [1.807, 2.05) is 0 Å². The normalized spacial score (nSPS) is 23.3. The summed E-state index contributed by atoms with van der Waals surface area (Å²) in [6.07, 6.45) is 9.20. The monoisotopic (exact) mass is 253 g/mol. The Morgan fingerprint density at radius 3 is 2.50 bits per heavy atom. The third-order valence-electron chi connectivity index (χ3n) is 3.97. The number of likely N-dealkylation sites (tertiary alicyclic amines) is 1. The van der Waals surface area contributed by atoms with Crippen LogP contribution in [0.25, 0.3) is 0 Å². The molecule has 18 heavy (non-hydrogen) atoms. The average molecular weight is 253 g/mol. The van der Waals surface area contributed by atoms with E-state index >= 15 is 0 Å². The van der Waals surface area contributed by atoms with Crippen LogP contribution >= 0.6 is 0 Å². The van der Waals surface area contributed by atoms with Gasteiger partial charge >= 0.3 is 0 Å². The Morgan fingerprint density at radius 2 is 1.83 bits per heavy atom. The lowest BCUT2D eigenvalue weighted by Gasteiger charge is -2.25. The van der Waals surface area contributed by atoms with Gasteiger partial charge in [0.1, 0.15) is 0 Å². The maximum atomic E-state index is 5.51. The zero-order valence-electron chi connectivity index (χ0n) is 11.3. The molecule has 0 spiro atoms. The van der Waals surface area contributed by atoms with Gasteiger partial charge in [-0.05, 0) is 38.8 Å². The Labute approximate surface area is 110 Å². The lowest BCUT2D eigenvalue weighted by molar-refractivity contribution is 0.235. The van der Waals surface area contributed by atoms with Crippen LogP contribution in [0.2, 0.25) is 0 Å². The van der Waals surface area contributed by atoms with Gasteiger partial charge in [-0.2, -0.15) is 0 Å². The quantitative estimate of drug-likeness (QED) is 0.300. The molecular weight excluding hydrogens is 226 g/mol. The molecule has 1 aliphatic carbocycles. The molecule has 1 aliphatic heterocycles. The van der Waals surface area contributed by atoms with E-state index in [0.29, 0.717) is 6.04 Å². The number of nitrogens with zero attached hydrogens (tertiary/aromatic N) is 2. The first kappa shape index (κ1) is 13.6. The molecular formula is C13H27N5. The summed E-state index contributed by atoms with van der Waals surface area (Å²) in [6.45, 7) is 4.35. The van der Waals surface area contributed by atoms with Gasteiger partial charge in [0.25, 0.3) is 0 Å². The van der Waals surface area contributed by atoms with Gasteiger partial charge in [-0.3, -0.25) is 10.4 Å². The molecule has 0 unspecified atom stereocenters. The summed E-state index contributed by atoms with van der Waals surface area (Å²) in [7, 11) is 0. The highest BCUT2D eigenvalue weighted by atomic mass is 15.3. The van der Waals surface area contributed by atoms with Crippen molar-refractivity contribution in [1.29, 1.82) is 0 Å². The molecule has 0 aromatic rings. The fraction of sp³-hybridized carbons (Fsp3) is 0.923. The van der Waals surface area contributed by atoms with Gasteiger partial charge in [0.05, 0.1) is 6.54 Å². The molecule has 0 aromatic heterocycles. The molecule has 2 aliphatic rings. The van der Waals surface area contributed by atoms with Gasteiger partial charge < -0.3 is 10.2 Å². The summed E-state index contributed by atoms with van der Waals surface area (Å²) in [5.74, 6) is 6.28. The van der Waals surface area contributed by atoms with E-state index in [1.54, 1.807) is 0 Å². The molecule has 1 heterocycles. The predicted molar refractivity (Wildman–Crippen MR) is 75.3 cm³/mol. The molecule has 0 bridgehead atoms. The van der Waals surface area contributed by atoms with Crippen molar-refractivity contribution in [2.45, 2.75) is 51.0 Å². The number of nitrogens with two attached hydrogens (primary N) is 1. The second-order valence-electron chi connectivity index (χ2n) is 5.40. The number of rotatable bonds is 4. The fourth-order valence-corrected chi connectivity index (χ4v) is 2.88. The SMILES string of the molecule is NNC(=NCCN1CCCCC1)NC1CCCC1. The van der Waals surface area contributed by atoms with Crippen LogP contribution in [-0.4, -0.2) is 43.1 Å². The largest absolute Gasteiger partial charge is 0.353 e. The van der Waals surface area contributed by atoms with E-state index in [9.17, 15) is 0 Å². The second-order valence-corrected chi connectivity index (χ2v) is 5.40. The molecule has 0 radical (unpaired) electrons. The third kappa shape index (κ3) is 4.46. The average Bonchev–Trinajstić information content (AvgIpc) is 2.92. The Bertz CT molecular complexity index is 254. The maximum absolute atomic E-state index is 5.51.